The molecule has 0 amide bonds. The van der Waals surface area contributed by atoms with Gasteiger partial charge in [0.2, 0.25) is 0 Å². The summed E-state index contributed by atoms with van der Waals surface area (Å²) in [5.74, 6) is 0. The maximum absolute atomic E-state index is 5.58. The molecule has 112 valence electrons. The standard InChI is InChI=1S/C17H28N2O/c1-16(2,3)18-12-14-6-8-15(9-7-14)19-10-11-20-13-17(19,4)5/h6-9,18H,10-13H2,1-5H3. The van der Waals surface area contributed by atoms with Crippen molar-refractivity contribution in [3.8, 4) is 0 Å². The molecule has 0 aromatic heterocycles. The van der Waals surface area contributed by atoms with Gasteiger partial charge in [0.25, 0.3) is 0 Å². The first kappa shape index (κ1) is 15.3. The molecule has 0 saturated carbocycles. The van der Waals surface area contributed by atoms with Crippen LogP contribution in [0, 0.1) is 0 Å². The molecule has 1 saturated heterocycles. The molecule has 3 heteroatoms. The summed E-state index contributed by atoms with van der Waals surface area (Å²) < 4.78 is 5.58. The molecule has 0 spiro atoms. The highest BCUT2D eigenvalue weighted by molar-refractivity contribution is 5.50. The van der Waals surface area contributed by atoms with Crippen molar-refractivity contribution >= 4 is 5.69 Å². The van der Waals surface area contributed by atoms with Gasteiger partial charge in [-0.3, -0.25) is 0 Å². The molecule has 20 heavy (non-hydrogen) atoms. The summed E-state index contributed by atoms with van der Waals surface area (Å²) in [7, 11) is 0. The average molecular weight is 276 g/mol. The van der Waals surface area contributed by atoms with Gasteiger partial charge in [-0.05, 0) is 52.3 Å². The quantitative estimate of drug-likeness (QED) is 0.917. The SMILES string of the molecule is CC(C)(C)NCc1ccc(N2CCOCC2(C)C)cc1. The molecule has 2 rings (SSSR count). The minimum Gasteiger partial charge on any atom is -0.377 e. The molecule has 1 heterocycles. The second-order valence-corrected chi connectivity index (χ2v) is 7.29. The molecule has 3 nitrogen and oxygen atoms in total. The molecule has 1 aliphatic heterocycles. The summed E-state index contributed by atoms with van der Waals surface area (Å²) in [6.45, 7) is 14.5. The zero-order chi connectivity index (χ0) is 14.8. The average Bonchev–Trinajstić information content (AvgIpc) is 2.36. The maximum Gasteiger partial charge on any atom is 0.0694 e. The van der Waals surface area contributed by atoms with Gasteiger partial charge in [0.15, 0.2) is 0 Å². The van der Waals surface area contributed by atoms with Gasteiger partial charge in [0, 0.05) is 24.3 Å². The number of morpholine rings is 1. The first-order chi connectivity index (χ1) is 9.28. The van der Waals surface area contributed by atoms with Gasteiger partial charge in [-0.1, -0.05) is 12.1 Å². The number of benzene rings is 1. The van der Waals surface area contributed by atoms with E-state index >= 15 is 0 Å². The van der Waals surface area contributed by atoms with Gasteiger partial charge in [-0.2, -0.15) is 0 Å². The molecule has 1 aliphatic rings. The summed E-state index contributed by atoms with van der Waals surface area (Å²) in [6.07, 6.45) is 0. The third-order valence-corrected chi connectivity index (χ3v) is 3.72. The van der Waals surface area contributed by atoms with Crippen LogP contribution in [0.5, 0.6) is 0 Å². The Morgan fingerprint density at radius 3 is 2.40 bits per heavy atom. The lowest BCUT2D eigenvalue weighted by Crippen LogP contribution is -2.53. The molecular formula is C17H28N2O. The van der Waals surface area contributed by atoms with Crippen LogP contribution in [-0.4, -0.2) is 30.8 Å². The summed E-state index contributed by atoms with van der Waals surface area (Å²) in [6, 6.07) is 8.90. The largest absolute Gasteiger partial charge is 0.377 e. The Bertz CT molecular complexity index is 431. The lowest BCUT2D eigenvalue weighted by atomic mass is 10.0. The Morgan fingerprint density at radius 2 is 1.85 bits per heavy atom. The van der Waals surface area contributed by atoms with E-state index in [0.717, 1.165) is 26.3 Å². The van der Waals surface area contributed by atoms with Gasteiger partial charge in [0.1, 0.15) is 0 Å². The molecule has 1 aromatic rings. The Morgan fingerprint density at radius 1 is 1.20 bits per heavy atom. The van der Waals surface area contributed by atoms with Crippen LogP contribution in [0.3, 0.4) is 0 Å². The predicted molar refractivity (Wildman–Crippen MR) is 85.3 cm³/mol. The predicted octanol–water partition coefficient (Wildman–Crippen LogP) is 3.19. The van der Waals surface area contributed by atoms with Crippen molar-refractivity contribution in [2.45, 2.75) is 52.2 Å². The first-order valence-electron chi connectivity index (χ1n) is 7.47. The fourth-order valence-corrected chi connectivity index (χ4v) is 2.50. The van der Waals surface area contributed by atoms with Crippen LogP contribution in [0.2, 0.25) is 0 Å². The second-order valence-electron chi connectivity index (χ2n) is 7.29. The Hall–Kier alpha value is -1.06. The van der Waals surface area contributed by atoms with Crippen LogP contribution < -0.4 is 10.2 Å². The van der Waals surface area contributed by atoms with Crippen molar-refractivity contribution in [1.82, 2.24) is 5.32 Å². The van der Waals surface area contributed by atoms with E-state index in [1.807, 2.05) is 0 Å². The Labute approximate surface area is 123 Å². The molecule has 0 atom stereocenters. The van der Waals surface area contributed by atoms with E-state index in [4.69, 9.17) is 4.74 Å². The molecule has 0 unspecified atom stereocenters. The van der Waals surface area contributed by atoms with E-state index < -0.39 is 0 Å². The van der Waals surface area contributed by atoms with E-state index in [-0.39, 0.29) is 11.1 Å². The smallest absolute Gasteiger partial charge is 0.0694 e. The molecular weight excluding hydrogens is 248 g/mol. The van der Waals surface area contributed by atoms with E-state index in [0.29, 0.717) is 0 Å². The number of rotatable bonds is 3. The Kier molecular flexibility index (Phi) is 4.40. The van der Waals surface area contributed by atoms with Gasteiger partial charge in [-0.25, -0.2) is 0 Å². The number of ether oxygens (including phenoxy) is 1. The van der Waals surface area contributed by atoms with Gasteiger partial charge in [-0.15, -0.1) is 0 Å². The summed E-state index contributed by atoms with van der Waals surface area (Å²) in [5, 5.41) is 3.52. The van der Waals surface area contributed by atoms with E-state index in [1.165, 1.54) is 11.3 Å². The zero-order valence-corrected chi connectivity index (χ0v) is 13.5. The Balaban J connectivity index is 2.04. The highest BCUT2D eigenvalue weighted by Gasteiger charge is 2.30. The fourth-order valence-electron chi connectivity index (χ4n) is 2.50. The summed E-state index contributed by atoms with van der Waals surface area (Å²) in [5.41, 5.74) is 2.85. The highest BCUT2D eigenvalue weighted by atomic mass is 16.5. The van der Waals surface area contributed by atoms with Crippen molar-refractivity contribution in [2.75, 3.05) is 24.7 Å². The molecule has 0 aliphatic carbocycles. The third kappa shape index (κ3) is 3.97. The maximum atomic E-state index is 5.58. The van der Waals surface area contributed by atoms with E-state index in [9.17, 15) is 0 Å². The highest BCUT2D eigenvalue weighted by Crippen LogP contribution is 2.27. The topological polar surface area (TPSA) is 24.5 Å². The van der Waals surface area contributed by atoms with E-state index in [1.54, 1.807) is 0 Å². The monoisotopic (exact) mass is 276 g/mol. The van der Waals surface area contributed by atoms with Crippen LogP contribution in [0.15, 0.2) is 24.3 Å². The van der Waals surface area contributed by atoms with Crippen LogP contribution in [0.25, 0.3) is 0 Å². The molecule has 1 fully saturated rings. The van der Waals surface area contributed by atoms with Crippen molar-refractivity contribution < 1.29 is 4.74 Å². The first-order valence-corrected chi connectivity index (χ1v) is 7.47. The molecule has 1 N–H and O–H groups in total. The number of hydrogen-bond donors (Lipinski definition) is 1. The van der Waals surface area contributed by atoms with Crippen LogP contribution >= 0.6 is 0 Å². The molecule has 1 aromatic carbocycles. The van der Waals surface area contributed by atoms with Gasteiger partial charge < -0.3 is 15.0 Å². The third-order valence-electron chi connectivity index (χ3n) is 3.72. The lowest BCUT2D eigenvalue weighted by Gasteiger charge is -2.43. The summed E-state index contributed by atoms with van der Waals surface area (Å²) >= 11 is 0. The fraction of sp³-hybridized carbons (Fsp3) is 0.647. The number of nitrogens with one attached hydrogen (secondary N) is 1. The minimum atomic E-state index is 0.0728. The molecule has 0 radical (unpaired) electrons. The lowest BCUT2D eigenvalue weighted by molar-refractivity contribution is 0.0644. The molecule has 0 bridgehead atoms. The minimum absolute atomic E-state index is 0.0728. The normalized spacial score (nSPS) is 19.1. The number of anilines is 1. The van der Waals surface area contributed by atoms with Crippen LogP contribution in [0.1, 0.15) is 40.2 Å². The second kappa shape index (κ2) is 5.74. The summed E-state index contributed by atoms with van der Waals surface area (Å²) in [4.78, 5) is 2.44. The number of nitrogens with zero attached hydrogens (tertiary/aromatic N) is 1. The van der Waals surface area contributed by atoms with Crippen molar-refractivity contribution in [2.24, 2.45) is 0 Å². The number of hydrogen-bond acceptors (Lipinski definition) is 3. The van der Waals surface area contributed by atoms with Crippen LogP contribution in [-0.2, 0) is 11.3 Å². The zero-order valence-electron chi connectivity index (χ0n) is 13.5. The van der Waals surface area contributed by atoms with Gasteiger partial charge in [0.05, 0.1) is 18.8 Å². The van der Waals surface area contributed by atoms with Gasteiger partial charge >= 0.3 is 0 Å². The van der Waals surface area contributed by atoms with Crippen molar-refractivity contribution in [1.29, 1.82) is 0 Å². The van der Waals surface area contributed by atoms with Crippen molar-refractivity contribution in [3.63, 3.8) is 0 Å². The van der Waals surface area contributed by atoms with Crippen LogP contribution in [0.4, 0.5) is 5.69 Å². The van der Waals surface area contributed by atoms with Crippen molar-refractivity contribution in [3.05, 3.63) is 29.8 Å². The van der Waals surface area contributed by atoms with E-state index in [2.05, 4.69) is 69.1 Å².